The molecule has 0 unspecified atom stereocenters. The van der Waals surface area contributed by atoms with Crippen molar-refractivity contribution in [2.45, 2.75) is 6.54 Å². The van der Waals surface area contributed by atoms with Gasteiger partial charge in [0.15, 0.2) is 6.61 Å². The van der Waals surface area contributed by atoms with Gasteiger partial charge >= 0.3 is 0 Å². The highest BCUT2D eigenvalue weighted by atomic mass is 79.9. The number of benzene rings is 2. The predicted molar refractivity (Wildman–Crippen MR) is 97.1 cm³/mol. The number of nitrogens with one attached hydrogen (secondary N) is 1. The molecule has 0 aromatic heterocycles. The van der Waals surface area contributed by atoms with Crippen LogP contribution in [0, 0.1) is 0 Å². The first-order chi connectivity index (χ1) is 11.7. The van der Waals surface area contributed by atoms with Crippen molar-refractivity contribution in [2.75, 3.05) is 32.8 Å². The molecule has 1 amide bonds. The zero-order chi connectivity index (χ0) is 16.8. The number of carbonyl (C=O) groups is 1. The quantitative estimate of drug-likeness (QED) is 0.845. The van der Waals surface area contributed by atoms with Crippen molar-refractivity contribution in [2.24, 2.45) is 0 Å². The molecule has 1 fully saturated rings. The summed E-state index contributed by atoms with van der Waals surface area (Å²) in [5, 5.41) is 0. The Labute approximate surface area is 151 Å². The van der Waals surface area contributed by atoms with Gasteiger partial charge in [0.25, 0.3) is 5.91 Å². The van der Waals surface area contributed by atoms with Gasteiger partial charge in [-0.2, -0.15) is 0 Å². The number of amides is 1. The van der Waals surface area contributed by atoms with Gasteiger partial charge in [0.2, 0.25) is 0 Å². The zero-order valence-electron chi connectivity index (χ0n) is 13.6. The molecule has 0 radical (unpaired) electrons. The van der Waals surface area contributed by atoms with Gasteiger partial charge in [-0.15, -0.1) is 0 Å². The number of piperazine rings is 1. The maximum atomic E-state index is 12.3. The lowest BCUT2D eigenvalue weighted by atomic mass is 10.2. The van der Waals surface area contributed by atoms with Crippen LogP contribution in [-0.2, 0) is 11.3 Å². The SMILES string of the molecule is O=C(COc1ccccc1)N1CC[NH+](Cc2cccc(Br)c2)CC1. The van der Waals surface area contributed by atoms with Crippen LogP contribution >= 0.6 is 15.9 Å². The van der Waals surface area contributed by atoms with Gasteiger partial charge in [-0.1, -0.05) is 46.3 Å². The zero-order valence-corrected chi connectivity index (χ0v) is 15.2. The summed E-state index contributed by atoms with van der Waals surface area (Å²) in [7, 11) is 0. The Balaban J connectivity index is 1.43. The molecular formula is C19H22BrN2O2+. The Morgan fingerprint density at radius 1 is 1.08 bits per heavy atom. The van der Waals surface area contributed by atoms with Crippen LogP contribution < -0.4 is 9.64 Å². The first-order valence-electron chi connectivity index (χ1n) is 8.24. The molecule has 24 heavy (non-hydrogen) atoms. The summed E-state index contributed by atoms with van der Waals surface area (Å²) in [6.07, 6.45) is 0. The van der Waals surface area contributed by atoms with Gasteiger partial charge in [-0.25, -0.2) is 0 Å². The highest BCUT2D eigenvalue weighted by molar-refractivity contribution is 9.10. The minimum absolute atomic E-state index is 0.0698. The molecule has 0 atom stereocenters. The molecule has 0 spiro atoms. The molecule has 5 heteroatoms. The molecule has 1 saturated heterocycles. The van der Waals surface area contributed by atoms with Crippen molar-refractivity contribution in [3.63, 3.8) is 0 Å². The van der Waals surface area contributed by atoms with E-state index in [4.69, 9.17) is 4.74 Å². The minimum atomic E-state index is 0.0698. The van der Waals surface area contributed by atoms with E-state index in [1.54, 1.807) is 0 Å². The van der Waals surface area contributed by atoms with E-state index in [1.807, 2.05) is 41.3 Å². The van der Waals surface area contributed by atoms with Crippen LogP contribution in [0.2, 0.25) is 0 Å². The molecule has 1 aliphatic heterocycles. The van der Waals surface area contributed by atoms with Gasteiger partial charge in [-0.3, -0.25) is 4.79 Å². The van der Waals surface area contributed by atoms with Gasteiger partial charge in [0.1, 0.15) is 12.3 Å². The van der Waals surface area contributed by atoms with Gasteiger partial charge in [0.05, 0.1) is 26.2 Å². The van der Waals surface area contributed by atoms with Gasteiger partial charge in [0, 0.05) is 10.0 Å². The highest BCUT2D eigenvalue weighted by Gasteiger charge is 2.24. The van der Waals surface area contributed by atoms with Crippen LogP contribution in [-0.4, -0.2) is 43.6 Å². The third-order valence-corrected chi connectivity index (χ3v) is 4.77. The van der Waals surface area contributed by atoms with Crippen molar-refractivity contribution >= 4 is 21.8 Å². The Kier molecular flexibility index (Phi) is 5.88. The molecule has 0 bridgehead atoms. The summed E-state index contributed by atoms with van der Waals surface area (Å²) in [5.41, 5.74) is 1.33. The summed E-state index contributed by atoms with van der Waals surface area (Å²) in [6, 6.07) is 17.9. The molecule has 2 aromatic rings. The Hall–Kier alpha value is -1.85. The Morgan fingerprint density at radius 3 is 2.54 bits per heavy atom. The fourth-order valence-electron chi connectivity index (χ4n) is 2.94. The molecule has 3 rings (SSSR count). The van der Waals surface area contributed by atoms with Crippen molar-refractivity contribution in [1.29, 1.82) is 0 Å². The molecule has 1 N–H and O–H groups in total. The fraction of sp³-hybridized carbons (Fsp3) is 0.316. The van der Waals surface area contributed by atoms with Crippen molar-refractivity contribution in [1.82, 2.24) is 4.90 Å². The second-order valence-electron chi connectivity index (χ2n) is 6.04. The average Bonchev–Trinajstić information content (AvgIpc) is 2.61. The van der Waals surface area contributed by atoms with E-state index in [0.29, 0.717) is 0 Å². The van der Waals surface area contributed by atoms with Crippen LogP contribution in [0.1, 0.15) is 5.56 Å². The fourth-order valence-corrected chi connectivity index (χ4v) is 3.38. The first-order valence-corrected chi connectivity index (χ1v) is 9.03. The molecule has 1 heterocycles. The van der Waals surface area contributed by atoms with E-state index < -0.39 is 0 Å². The van der Waals surface area contributed by atoms with E-state index in [9.17, 15) is 4.79 Å². The number of quaternary nitrogens is 1. The number of rotatable bonds is 5. The van der Waals surface area contributed by atoms with Crippen LogP contribution in [0.25, 0.3) is 0 Å². The summed E-state index contributed by atoms with van der Waals surface area (Å²) in [5.74, 6) is 0.810. The predicted octanol–water partition coefficient (Wildman–Crippen LogP) is 1.76. The Morgan fingerprint density at radius 2 is 1.83 bits per heavy atom. The molecule has 2 aromatic carbocycles. The van der Waals surface area contributed by atoms with E-state index in [2.05, 4.69) is 34.1 Å². The lowest BCUT2D eigenvalue weighted by molar-refractivity contribution is -0.917. The van der Waals surface area contributed by atoms with E-state index in [-0.39, 0.29) is 12.5 Å². The number of carbonyl (C=O) groups excluding carboxylic acids is 1. The standard InChI is InChI=1S/C19H21BrN2O2/c20-17-6-4-5-16(13-17)14-21-9-11-22(12-10-21)19(23)15-24-18-7-2-1-3-8-18/h1-8,13H,9-12,14-15H2/p+1. The van der Waals surface area contributed by atoms with Gasteiger partial charge < -0.3 is 14.5 Å². The molecular weight excluding hydrogens is 368 g/mol. The first kappa shape index (κ1) is 17.0. The maximum Gasteiger partial charge on any atom is 0.260 e. The lowest BCUT2D eigenvalue weighted by Crippen LogP contribution is -3.13. The summed E-state index contributed by atoms with van der Waals surface area (Å²) in [6.45, 7) is 4.65. The number of para-hydroxylation sites is 1. The summed E-state index contributed by atoms with van der Waals surface area (Å²) in [4.78, 5) is 15.7. The number of halogens is 1. The number of hydrogen-bond donors (Lipinski definition) is 1. The number of nitrogens with zero attached hydrogens (tertiary/aromatic N) is 1. The Bertz CT molecular complexity index is 670. The molecule has 0 aliphatic carbocycles. The van der Waals surface area contributed by atoms with Crippen molar-refractivity contribution in [3.05, 3.63) is 64.6 Å². The van der Waals surface area contributed by atoms with Crippen LogP contribution in [0.15, 0.2) is 59.1 Å². The minimum Gasteiger partial charge on any atom is -0.484 e. The maximum absolute atomic E-state index is 12.3. The highest BCUT2D eigenvalue weighted by Crippen LogP contribution is 2.11. The third kappa shape index (κ3) is 4.82. The summed E-state index contributed by atoms with van der Waals surface area (Å²) >= 11 is 3.52. The number of hydrogen-bond acceptors (Lipinski definition) is 2. The van der Waals surface area contributed by atoms with Gasteiger partial charge in [-0.05, 0) is 24.3 Å². The topological polar surface area (TPSA) is 34.0 Å². The smallest absolute Gasteiger partial charge is 0.260 e. The summed E-state index contributed by atoms with van der Waals surface area (Å²) < 4.78 is 6.67. The van der Waals surface area contributed by atoms with E-state index in [0.717, 1.165) is 42.9 Å². The third-order valence-electron chi connectivity index (χ3n) is 4.27. The monoisotopic (exact) mass is 389 g/mol. The van der Waals surface area contributed by atoms with Crippen LogP contribution in [0.5, 0.6) is 5.75 Å². The normalized spacial score (nSPS) is 15.3. The van der Waals surface area contributed by atoms with Crippen molar-refractivity contribution in [3.8, 4) is 5.75 Å². The largest absolute Gasteiger partial charge is 0.484 e. The van der Waals surface area contributed by atoms with E-state index in [1.165, 1.54) is 10.5 Å². The van der Waals surface area contributed by atoms with Crippen molar-refractivity contribution < 1.29 is 14.4 Å². The average molecular weight is 390 g/mol. The van der Waals surface area contributed by atoms with E-state index >= 15 is 0 Å². The van der Waals surface area contributed by atoms with Crippen LogP contribution in [0.4, 0.5) is 0 Å². The van der Waals surface area contributed by atoms with Crippen LogP contribution in [0.3, 0.4) is 0 Å². The molecule has 0 saturated carbocycles. The number of ether oxygens (including phenoxy) is 1. The molecule has 126 valence electrons. The lowest BCUT2D eigenvalue weighted by Gasteiger charge is -2.32. The molecule has 1 aliphatic rings. The molecule has 4 nitrogen and oxygen atoms in total. The second-order valence-corrected chi connectivity index (χ2v) is 6.95. The second kappa shape index (κ2) is 8.31.